The van der Waals surface area contributed by atoms with E-state index in [4.69, 9.17) is 0 Å². The fourth-order valence-electron chi connectivity index (χ4n) is 2.55. The number of hydrogen-bond donors (Lipinski definition) is 4. The van der Waals surface area contributed by atoms with Crippen molar-refractivity contribution in [1.29, 1.82) is 0 Å². The van der Waals surface area contributed by atoms with Crippen LogP contribution in [0.4, 0.5) is 5.69 Å². The second-order valence-electron chi connectivity index (χ2n) is 6.04. The van der Waals surface area contributed by atoms with Gasteiger partial charge in [0.2, 0.25) is 11.8 Å². The third-order valence-electron chi connectivity index (χ3n) is 3.94. The van der Waals surface area contributed by atoms with E-state index in [1.165, 1.54) is 12.3 Å². The number of nitrogens with zero attached hydrogens (tertiary/aromatic N) is 1. The molecule has 2 amide bonds. The number of nitrogens with one attached hydrogen (secondary N) is 2. The monoisotopic (exact) mass is 519 g/mol. The van der Waals surface area contributed by atoms with Gasteiger partial charge in [0.1, 0.15) is 22.4 Å². The first kappa shape index (κ1) is 20.8. The van der Waals surface area contributed by atoms with Crippen LogP contribution < -0.4 is 10.7 Å². The molecule has 4 N–H and O–H groups in total. The summed E-state index contributed by atoms with van der Waals surface area (Å²) in [6, 6.07) is 14.6. The zero-order valence-electron chi connectivity index (χ0n) is 14.8. The number of benzene rings is 3. The topological polar surface area (TPSA) is 111 Å². The Morgan fingerprint density at radius 1 is 0.966 bits per heavy atom. The summed E-state index contributed by atoms with van der Waals surface area (Å²) in [4.78, 5) is 24.0. The number of rotatable bonds is 5. The van der Waals surface area contributed by atoms with E-state index in [9.17, 15) is 19.8 Å². The van der Waals surface area contributed by atoms with E-state index in [1.807, 2.05) is 36.4 Å². The molecule has 0 aliphatic carbocycles. The average Bonchev–Trinajstić information content (AvgIpc) is 2.70. The summed E-state index contributed by atoms with van der Waals surface area (Å²) >= 11 is 6.19. The van der Waals surface area contributed by atoms with Gasteiger partial charge in [-0.2, -0.15) is 5.10 Å². The minimum atomic E-state index is -0.615. The van der Waals surface area contributed by atoms with Crippen molar-refractivity contribution >= 4 is 66.3 Å². The van der Waals surface area contributed by atoms with Gasteiger partial charge in [-0.15, -0.1) is 0 Å². The van der Waals surface area contributed by atoms with Crippen LogP contribution in [0.25, 0.3) is 10.8 Å². The Morgan fingerprint density at radius 2 is 1.69 bits per heavy atom. The van der Waals surface area contributed by atoms with Gasteiger partial charge < -0.3 is 15.5 Å². The highest BCUT2D eigenvalue weighted by atomic mass is 79.9. The van der Waals surface area contributed by atoms with E-state index in [2.05, 4.69) is 47.7 Å². The molecule has 29 heavy (non-hydrogen) atoms. The molecular formula is C20H15Br2N3O4. The van der Waals surface area contributed by atoms with Crippen LogP contribution in [0.1, 0.15) is 12.0 Å². The van der Waals surface area contributed by atoms with Gasteiger partial charge in [-0.3, -0.25) is 9.59 Å². The fourth-order valence-corrected chi connectivity index (χ4v) is 3.70. The van der Waals surface area contributed by atoms with Crippen molar-refractivity contribution in [2.24, 2.45) is 5.10 Å². The maximum absolute atomic E-state index is 12.1. The Hall–Kier alpha value is -2.91. The Kier molecular flexibility index (Phi) is 6.50. The number of hydrogen-bond acceptors (Lipinski definition) is 5. The number of carbonyl (C=O) groups excluding carboxylic acids is 2. The molecule has 0 heterocycles. The molecule has 0 spiro atoms. The summed E-state index contributed by atoms with van der Waals surface area (Å²) in [6.07, 6.45) is 0.780. The Bertz CT molecular complexity index is 1130. The second kappa shape index (κ2) is 9.06. The Balaban J connectivity index is 1.57. The van der Waals surface area contributed by atoms with Crippen LogP contribution in [-0.2, 0) is 9.59 Å². The maximum atomic E-state index is 12.1. The number of aromatic hydroxyl groups is 2. The molecule has 3 aromatic carbocycles. The van der Waals surface area contributed by atoms with Gasteiger partial charge in [-0.05, 0) is 60.8 Å². The van der Waals surface area contributed by atoms with Crippen molar-refractivity contribution in [1.82, 2.24) is 5.43 Å². The molecule has 0 unspecified atom stereocenters. The fraction of sp³-hybridized carbons (Fsp3) is 0.0500. The zero-order chi connectivity index (χ0) is 21.0. The Labute approximate surface area is 182 Å². The average molecular weight is 521 g/mol. The van der Waals surface area contributed by atoms with Crippen molar-refractivity contribution in [3.8, 4) is 11.5 Å². The predicted octanol–water partition coefficient (Wildman–Crippen LogP) is 4.25. The molecule has 3 aromatic rings. The molecule has 0 atom stereocenters. The Morgan fingerprint density at radius 3 is 2.45 bits per heavy atom. The number of hydrazone groups is 1. The molecule has 9 heteroatoms. The van der Waals surface area contributed by atoms with Crippen LogP contribution in [-0.4, -0.2) is 28.2 Å². The van der Waals surface area contributed by atoms with Crippen LogP contribution in [0.3, 0.4) is 0 Å². The lowest BCUT2D eigenvalue weighted by Crippen LogP contribution is -2.24. The number of phenolic OH excluding ortho intramolecular Hbond substituents is 2. The van der Waals surface area contributed by atoms with Gasteiger partial charge in [0.25, 0.3) is 0 Å². The van der Waals surface area contributed by atoms with Crippen molar-refractivity contribution in [2.75, 3.05) is 5.32 Å². The smallest absolute Gasteiger partial charge is 0.249 e. The van der Waals surface area contributed by atoms with E-state index >= 15 is 0 Å². The van der Waals surface area contributed by atoms with Crippen LogP contribution in [0.2, 0.25) is 0 Å². The van der Waals surface area contributed by atoms with Gasteiger partial charge in [-0.1, -0.05) is 30.3 Å². The predicted molar refractivity (Wildman–Crippen MR) is 118 cm³/mol. The van der Waals surface area contributed by atoms with Gasteiger partial charge in [0, 0.05) is 11.3 Å². The molecular weight excluding hydrogens is 506 g/mol. The molecule has 0 saturated carbocycles. The summed E-state index contributed by atoms with van der Waals surface area (Å²) in [7, 11) is 0. The van der Waals surface area contributed by atoms with Crippen LogP contribution in [0.15, 0.2) is 62.6 Å². The lowest BCUT2D eigenvalue weighted by molar-refractivity contribution is -0.126. The van der Waals surface area contributed by atoms with E-state index in [-0.39, 0.29) is 21.5 Å². The standard InChI is InChI=1S/C20H15Br2N3O4/c21-15-8-13(19(28)18(22)20(15)29)10-23-25-17(27)9-16(26)24-14-6-5-11-3-1-2-4-12(11)7-14/h1-8,10,28-29H,9H2,(H,24,26)(H,25,27)/b23-10+. The third-order valence-corrected chi connectivity index (χ3v) is 5.30. The number of anilines is 1. The summed E-state index contributed by atoms with van der Waals surface area (Å²) in [5, 5.41) is 28.1. The van der Waals surface area contributed by atoms with Gasteiger partial charge in [0.05, 0.1) is 10.7 Å². The van der Waals surface area contributed by atoms with Crippen molar-refractivity contribution in [3.63, 3.8) is 0 Å². The molecule has 0 aromatic heterocycles. The van der Waals surface area contributed by atoms with Crippen molar-refractivity contribution in [2.45, 2.75) is 6.42 Å². The quantitative estimate of drug-likeness (QED) is 0.229. The first-order chi connectivity index (χ1) is 13.8. The molecule has 0 saturated heterocycles. The molecule has 3 rings (SSSR count). The minimum Gasteiger partial charge on any atom is -0.506 e. The molecule has 148 valence electrons. The molecule has 0 aliphatic rings. The third kappa shape index (κ3) is 5.12. The highest BCUT2D eigenvalue weighted by Crippen LogP contribution is 2.40. The van der Waals surface area contributed by atoms with Gasteiger partial charge in [-0.25, -0.2) is 5.43 Å². The first-order valence-electron chi connectivity index (χ1n) is 8.35. The van der Waals surface area contributed by atoms with Crippen molar-refractivity contribution < 1.29 is 19.8 Å². The molecule has 0 radical (unpaired) electrons. The number of fused-ring (bicyclic) bond motifs is 1. The molecule has 0 bridgehead atoms. The van der Waals surface area contributed by atoms with E-state index in [1.54, 1.807) is 6.07 Å². The summed E-state index contributed by atoms with van der Waals surface area (Å²) in [5.74, 6) is -1.49. The highest BCUT2D eigenvalue weighted by Gasteiger charge is 2.13. The van der Waals surface area contributed by atoms with E-state index in [0.717, 1.165) is 10.8 Å². The largest absolute Gasteiger partial charge is 0.506 e. The zero-order valence-corrected chi connectivity index (χ0v) is 18.0. The number of halogens is 2. The minimum absolute atomic E-state index is 0.0921. The van der Waals surface area contributed by atoms with Crippen LogP contribution >= 0.6 is 31.9 Å². The lowest BCUT2D eigenvalue weighted by atomic mass is 10.1. The van der Waals surface area contributed by atoms with Gasteiger partial charge in [0.15, 0.2) is 0 Å². The SMILES string of the molecule is O=C(CC(=O)Nc1ccc2ccccc2c1)N/N=C/c1cc(Br)c(O)c(Br)c1O. The van der Waals surface area contributed by atoms with Crippen molar-refractivity contribution in [3.05, 3.63) is 63.0 Å². The van der Waals surface area contributed by atoms with Crippen LogP contribution in [0, 0.1) is 0 Å². The van der Waals surface area contributed by atoms with E-state index in [0.29, 0.717) is 10.2 Å². The summed E-state index contributed by atoms with van der Waals surface area (Å²) < 4.78 is 0.430. The molecule has 0 fully saturated rings. The van der Waals surface area contributed by atoms with E-state index < -0.39 is 18.2 Å². The van der Waals surface area contributed by atoms with Crippen LogP contribution in [0.5, 0.6) is 11.5 Å². The highest BCUT2D eigenvalue weighted by molar-refractivity contribution is 9.11. The normalized spacial score (nSPS) is 11.0. The first-order valence-corrected chi connectivity index (χ1v) is 9.94. The second-order valence-corrected chi connectivity index (χ2v) is 7.69. The number of amides is 2. The number of phenols is 2. The molecule has 7 nitrogen and oxygen atoms in total. The maximum Gasteiger partial charge on any atom is 0.249 e. The van der Waals surface area contributed by atoms with Gasteiger partial charge >= 0.3 is 0 Å². The summed E-state index contributed by atoms with van der Waals surface area (Å²) in [5.41, 5.74) is 3.07. The summed E-state index contributed by atoms with van der Waals surface area (Å²) in [6.45, 7) is 0. The molecule has 0 aliphatic heterocycles. The lowest BCUT2D eigenvalue weighted by Gasteiger charge is -2.07. The number of carbonyl (C=O) groups is 2.